The van der Waals surface area contributed by atoms with Gasteiger partial charge in [0.1, 0.15) is 24.3 Å². The lowest BCUT2D eigenvalue weighted by atomic mass is 9.99. The number of hydrogen-bond acceptors (Lipinski definition) is 12. The number of carbonyl (C=O) groups is 2. The summed E-state index contributed by atoms with van der Waals surface area (Å²) in [5.41, 5.74) is 3.51. The van der Waals surface area contributed by atoms with Crippen molar-refractivity contribution in [3.05, 3.63) is 46.3 Å². The van der Waals surface area contributed by atoms with E-state index in [0.717, 1.165) is 48.3 Å². The summed E-state index contributed by atoms with van der Waals surface area (Å²) in [4.78, 5) is 30.1. The highest BCUT2D eigenvalue weighted by Gasteiger charge is 2.15. The normalized spacial score (nSPS) is 11.7. The minimum Gasteiger partial charge on any atom is -0.463 e. The SMILES string of the molecule is [C-]#[N+]c1sc(N=Nc2ccc(N(CCOCCOCCOC(=O)CC(C)CCCCCCCC)CCOCCOC(=O)CCCCCCCCCC)cc2C)c(C#N)c1C. The molecule has 334 valence electrons. The highest BCUT2D eigenvalue weighted by molar-refractivity contribution is 7.20. The maximum atomic E-state index is 12.2. The number of aryl methyl sites for hydroxylation is 1. The number of rotatable bonds is 36. The molecule has 0 radical (unpaired) electrons. The van der Waals surface area contributed by atoms with E-state index in [-0.39, 0.29) is 25.2 Å². The molecule has 1 unspecified atom stereocenters. The highest BCUT2D eigenvalue weighted by Crippen LogP contribution is 2.41. The van der Waals surface area contributed by atoms with Crippen LogP contribution in [0, 0.1) is 37.7 Å². The molecule has 13 heteroatoms. The van der Waals surface area contributed by atoms with Gasteiger partial charge >= 0.3 is 11.9 Å². The Balaban J connectivity index is 1.79. The molecule has 60 heavy (non-hydrogen) atoms. The number of unbranched alkanes of at least 4 members (excludes halogenated alkanes) is 12. The van der Waals surface area contributed by atoms with Crippen LogP contribution < -0.4 is 4.90 Å². The molecular weight excluding hydrogens is 779 g/mol. The van der Waals surface area contributed by atoms with Gasteiger partial charge < -0.3 is 28.6 Å². The average molecular weight is 852 g/mol. The van der Waals surface area contributed by atoms with Crippen LogP contribution in [0.25, 0.3) is 4.85 Å². The monoisotopic (exact) mass is 852 g/mol. The molecule has 1 atom stereocenters. The Morgan fingerprint density at radius 2 is 1.32 bits per heavy atom. The smallest absolute Gasteiger partial charge is 0.306 e. The number of esters is 2. The predicted molar refractivity (Wildman–Crippen MR) is 241 cm³/mol. The summed E-state index contributed by atoms with van der Waals surface area (Å²) in [6, 6.07) is 8.01. The van der Waals surface area contributed by atoms with Gasteiger partial charge in [-0.1, -0.05) is 111 Å². The second kappa shape index (κ2) is 33.8. The fraction of sp³-hybridized carbons (Fsp3) is 0.702. The number of thiophene rings is 1. The van der Waals surface area contributed by atoms with Gasteiger partial charge in [-0.05, 0) is 55.5 Å². The van der Waals surface area contributed by atoms with E-state index in [4.69, 9.17) is 30.3 Å². The predicted octanol–water partition coefficient (Wildman–Crippen LogP) is 12.5. The number of carbonyl (C=O) groups excluding carboxylic acids is 2. The Hall–Kier alpha value is -3.88. The van der Waals surface area contributed by atoms with E-state index in [2.05, 4.69) is 46.8 Å². The van der Waals surface area contributed by atoms with Crippen LogP contribution in [-0.2, 0) is 33.3 Å². The molecule has 1 aromatic heterocycles. The van der Waals surface area contributed by atoms with Crippen LogP contribution in [0.2, 0.25) is 0 Å². The Kier molecular flexibility index (Phi) is 29.4. The number of azo groups is 1. The van der Waals surface area contributed by atoms with Gasteiger partial charge in [-0.3, -0.25) is 9.59 Å². The van der Waals surface area contributed by atoms with Crippen molar-refractivity contribution in [3.8, 4) is 6.07 Å². The number of ether oxygens (including phenoxy) is 5. The van der Waals surface area contributed by atoms with E-state index in [0.29, 0.717) is 98.3 Å². The summed E-state index contributed by atoms with van der Waals surface area (Å²) in [6.45, 7) is 21.6. The van der Waals surface area contributed by atoms with Crippen LogP contribution in [0.5, 0.6) is 0 Å². The molecule has 0 fully saturated rings. The fourth-order valence-corrected chi connectivity index (χ4v) is 7.48. The van der Waals surface area contributed by atoms with Crippen LogP contribution in [0.1, 0.15) is 147 Å². The zero-order chi connectivity index (χ0) is 43.6. The first-order valence-corrected chi connectivity index (χ1v) is 23.3. The van der Waals surface area contributed by atoms with Gasteiger partial charge in [0.25, 0.3) is 0 Å². The molecule has 0 aliphatic heterocycles. The summed E-state index contributed by atoms with van der Waals surface area (Å²) >= 11 is 1.16. The van der Waals surface area contributed by atoms with E-state index in [1.807, 2.05) is 25.1 Å². The van der Waals surface area contributed by atoms with E-state index >= 15 is 0 Å². The average Bonchev–Trinajstić information content (AvgIpc) is 3.55. The molecule has 12 nitrogen and oxygen atoms in total. The largest absolute Gasteiger partial charge is 0.463 e. The van der Waals surface area contributed by atoms with Gasteiger partial charge in [-0.15, -0.1) is 21.6 Å². The zero-order valence-electron chi connectivity index (χ0n) is 37.4. The van der Waals surface area contributed by atoms with Crippen molar-refractivity contribution < 1.29 is 33.3 Å². The third-order valence-electron chi connectivity index (χ3n) is 10.3. The lowest BCUT2D eigenvalue weighted by Gasteiger charge is -2.25. The zero-order valence-corrected chi connectivity index (χ0v) is 38.2. The van der Waals surface area contributed by atoms with E-state index < -0.39 is 0 Å². The number of anilines is 1. The van der Waals surface area contributed by atoms with Gasteiger partial charge in [0.05, 0.1) is 57.5 Å². The van der Waals surface area contributed by atoms with Crippen LogP contribution >= 0.6 is 11.3 Å². The first kappa shape index (κ1) is 52.3. The van der Waals surface area contributed by atoms with E-state index in [9.17, 15) is 14.9 Å². The molecule has 2 rings (SSSR count). The Morgan fingerprint density at radius 1 is 0.767 bits per heavy atom. The molecule has 0 aliphatic carbocycles. The Bertz CT molecular complexity index is 1600. The van der Waals surface area contributed by atoms with Crippen molar-refractivity contribution in [3.63, 3.8) is 0 Å². The minimum absolute atomic E-state index is 0.167. The molecule has 0 amide bonds. The maximum absolute atomic E-state index is 12.2. The van der Waals surface area contributed by atoms with Crippen molar-refractivity contribution in [2.24, 2.45) is 16.1 Å². The van der Waals surface area contributed by atoms with Crippen LogP contribution in [0.3, 0.4) is 0 Å². The summed E-state index contributed by atoms with van der Waals surface area (Å²) in [7, 11) is 0. The topological polar surface area (TPSA) is 136 Å². The molecular formula is C47H73N5O7S. The summed E-state index contributed by atoms with van der Waals surface area (Å²) in [5.74, 6) is -0.00947. The van der Waals surface area contributed by atoms with Gasteiger partial charge in [0.2, 0.25) is 5.00 Å². The molecule has 1 aromatic carbocycles. The maximum Gasteiger partial charge on any atom is 0.306 e. The van der Waals surface area contributed by atoms with Crippen molar-refractivity contribution >= 4 is 44.7 Å². The third-order valence-corrected chi connectivity index (χ3v) is 11.3. The molecule has 1 heterocycles. The molecule has 0 saturated carbocycles. The van der Waals surface area contributed by atoms with Crippen molar-refractivity contribution in [2.45, 2.75) is 144 Å². The third kappa shape index (κ3) is 23.2. The first-order valence-electron chi connectivity index (χ1n) is 22.5. The minimum atomic E-state index is -0.172. The van der Waals surface area contributed by atoms with Gasteiger partial charge in [-0.25, -0.2) is 4.85 Å². The Morgan fingerprint density at radius 3 is 1.90 bits per heavy atom. The lowest BCUT2D eigenvalue weighted by molar-refractivity contribution is -0.146. The van der Waals surface area contributed by atoms with Gasteiger partial charge in [0, 0.05) is 31.6 Å². The number of hydrogen-bond donors (Lipinski definition) is 0. The van der Waals surface area contributed by atoms with Crippen molar-refractivity contribution in [2.75, 3.05) is 70.8 Å². The quantitative estimate of drug-likeness (QED) is 0.0284. The molecule has 0 bridgehead atoms. The molecule has 0 saturated heterocycles. The van der Waals surface area contributed by atoms with Crippen LogP contribution in [0.4, 0.5) is 21.4 Å². The molecule has 0 N–H and O–H groups in total. The molecule has 0 aliphatic rings. The highest BCUT2D eigenvalue weighted by atomic mass is 32.1. The number of nitriles is 1. The van der Waals surface area contributed by atoms with Crippen molar-refractivity contribution in [1.29, 1.82) is 5.26 Å². The standard InChI is InChI=1S/C47H73N5O7S/c1-7-9-11-13-15-16-18-20-22-44(53)58-33-31-56-28-26-52(41-23-24-43(39(4)36-41)50-51-47-42(37-48)40(5)46(49-6)60-47)25-27-55-29-30-57-32-34-59-45(54)35-38(3)21-19-17-14-12-10-8-2/h23-24,36,38H,7-22,25-35H2,1-5H3. The van der Waals surface area contributed by atoms with Gasteiger partial charge in [0.15, 0.2) is 0 Å². The van der Waals surface area contributed by atoms with E-state index in [1.165, 1.54) is 70.6 Å². The van der Waals surface area contributed by atoms with Crippen LogP contribution in [-0.4, -0.2) is 77.9 Å². The number of benzene rings is 1. The van der Waals surface area contributed by atoms with Crippen molar-refractivity contribution in [1.82, 2.24) is 0 Å². The number of nitrogens with zero attached hydrogens (tertiary/aromatic N) is 5. The van der Waals surface area contributed by atoms with Gasteiger partial charge in [-0.2, -0.15) is 5.26 Å². The summed E-state index contributed by atoms with van der Waals surface area (Å²) in [6.07, 6.45) is 18.9. The lowest BCUT2D eigenvalue weighted by Crippen LogP contribution is -2.31. The van der Waals surface area contributed by atoms with E-state index in [1.54, 1.807) is 6.92 Å². The molecule has 0 spiro atoms. The molecule has 2 aromatic rings. The Labute approximate surface area is 365 Å². The summed E-state index contributed by atoms with van der Waals surface area (Å²) < 4.78 is 28.2. The van der Waals surface area contributed by atoms with Crippen LogP contribution in [0.15, 0.2) is 28.4 Å². The summed E-state index contributed by atoms with van der Waals surface area (Å²) in [5, 5.41) is 19.2. The second-order valence-corrected chi connectivity index (χ2v) is 16.4. The second-order valence-electron chi connectivity index (χ2n) is 15.5. The first-order chi connectivity index (χ1) is 29.2. The fourth-order valence-electron chi connectivity index (χ4n) is 6.61.